The summed E-state index contributed by atoms with van der Waals surface area (Å²) < 4.78 is 5.74. The van der Waals surface area contributed by atoms with Gasteiger partial charge in [-0.05, 0) is 50.9 Å². The number of fused-ring (bicyclic) bond motifs is 1. The van der Waals surface area contributed by atoms with Crippen LogP contribution in [0.4, 0.5) is 0 Å². The highest BCUT2D eigenvalue weighted by Gasteiger charge is 2.57. The third-order valence-corrected chi connectivity index (χ3v) is 7.00. The maximum atomic E-state index is 5.74. The Morgan fingerprint density at radius 1 is 1.09 bits per heavy atom. The molecule has 4 unspecified atom stereocenters. The molecule has 2 saturated heterocycles. The van der Waals surface area contributed by atoms with E-state index in [1.165, 1.54) is 44.9 Å². The van der Waals surface area contributed by atoms with Crippen molar-refractivity contribution in [1.82, 2.24) is 4.90 Å². The first kappa shape index (κ1) is 17.8. The summed E-state index contributed by atoms with van der Waals surface area (Å²) in [7, 11) is 2.55. The van der Waals surface area contributed by atoms with Crippen LogP contribution >= 0.6 is 0 Å². The summed E-state index contributed by atoms with van der Waals surface area (Å²) >= 11 is 0. The molecule has 1 aliphatic carbocycles. The smallest absolute Gasteiger partial charge is 0.105 e. The van der Waals surface area contributed by atoms with Gasteiger partial charge in [0.2, 0.25) is 0 Å². The van der Waals surface area contributed by atoms with Crippen LogP contribution in [0.2, 0.25) is 5.82 Å². The van der Waals surface area contributed by atoms with Gasteiger partial charge in [-0.25, -0.2) is 0 Å². The molecule has 3 aliphatic rings. The Kier molecular flexibility index (Phi) is 5.48. The molecule has 2 nitrogen and oxygen atoms in total. The molecule has 3 heteroatoms. The summed E-state index contributed by atoms with van der Waals surface area (Å²) in [5, 5.41) is 0. The number of ether oxygens (including phenoxy) is 1. The molecule has 0 amide bonds. The van der Waals surface area contributed by atoms with Gasteiger partial charge in [0.15, 0.2) is 0 Å². The maximum absolute atomic E-state index is 5.74. The molecule has 0 aromatic carbocycles. The quantitative estimate of drug-likeness (QED) is 0.732. The first-order valence-electron chi connectivity index (χ1n) is 10.3. The van der Waals surface area contributed by atoms with E-state index in [0.717, 1.165) is 42.8 Å². The molecule has 0 aromatic rings. The monoisotopic (exact) mass is 319 g/mol. The predicted molar refractivity (Wildman–Crippen MR) is 101 cm³/mol. The molecule has 2 aliphatic heterocycles. The molecular weight excluding hydrogens is 281 g/mol. The molecule has 1 spiro atoms. The van der Waals surface area contributed by atoms with Gasteiger partial charge in [0.1, 0.15) is 7.85 Å². The molecule has 23 heavy (non-hydrogen) atoms. The minimum absolute atomic E-state index is 0.387. The van der Waals surface area contributed by atoms with Crippen LogP contribution < -0.4 is 0 Å². The summed E-state index contributed by atoms with van der Waals surface area (Å²) in [6, 6.07) is 1.47. The molecule has 2 heterocycles. The van der Waals surface area contributed by atoms with Crippen LogP contribution in [0.25, 0.3) is 0 Å². The average molecular weight is 319 g/mol. The summed E-state index contributed by atoms with van der Waals surface area (Å²) in [6.07, 6.45) is 10.0. The van der Waals surface area contributed by atoms with Crippen LogP contribution in [-0.2, 0) is 4.74 Å². The Balaban J connectivity index is 1.90. The van der Waals surface area contributed by atoms with Crippen LogP contribution in [0, 0.1) is 17.8 Å². The van der Waals surface area contributed by atoms with Crippen molar-refractivity contribution >= 4 is 7.85 Å². The van der Waals surface area contributed by atoms with Crippen molar-refractivity contribution in [3.05, 3.63) is 0 Å². The molecule has 3 rings (SSSR count). The van der Waals surface area contributed by atoms with Gasteiger partial charge in [-0.3, -0.25) is 4.90 Å². The third kappa shape index (κ3) is 3.38. The lowest BCUT2D eigenvalue weighted by Crippen LogP contribution is -2.62. The van der Waals surface area contributed by atoms with Gasteiger partial charge in [0.05, 0.1) is 18.8 Å². The summed E-state index contributed by atoms with van der Waals surface area (Å²) in [6.45, 7) is 11.6. The van der Waals surface area contributed by atoms with E-state index in [9.17, 15) is 0 Å². The van der Waals surface area contributed by atoms with Gasteiger partial charge in [-0.15, -0.1) is 0 Å². The highest BCUT2D eigenvalue weighted by molar-refractivity contribution is 6.11. The van der Waals surface area contributed by atoms with Gasteiger partial charge >= 0.3 is 0 Å². The van der Waals surface area contributed by atoms with E-state index in [2.05, 4.69) is 40.4 Å². The Labute approximate surface area is 145 Å². The van der Waals surface area contributed by atoms with Gasteiger partial charge in [-0.2, -0.15) is 0 Å². The van der Waals surface area contributed by atoms with Crippen LogP contribution in [0.3, 0.4) is 0 Å². The fourth-order valence-electron chi connectivity index (χ4n) is 6.15. The molecule has 4 atom stereocenters. The van der Waals surface area contributed by atoms with Crippen molar-refractivity contribution < 1.29 is 4.74 Å². The Morgan fingerprint density at radius 2 is 1.78 bits per heavy atom. The van der Waals surface area contributed by atoms with Crippen molar-refractivity contribution in [2.75, 3.05) is 13.2 Å². The zero-order valence-electron chi connectivity index (χ0n) is 16.2. The van der Waals surface area contributed by atoms with Gasteiger partial charge < -0.3 is 4.74 Å². The average Bonchev–Trinajstić information content (AvgIpc) is 2.80. The van der Waals surface area contributed by atoms with E-state index in [0.29, 0.717) is 11.6 Å². The molecule has 0 aromatic heterocycles. The summed E-state index contributed by atoms with van der Waals surface area (Å²) in [4.78, 5) is 2.91. The van der Waals surface area contributed by atoms with Crippen molar-refractivity contribution in [3.63, 3.8) is 0 Å². The topological polar surface area (TPSA) is 12.5 Å². The number of hydrogen-bond donors (Lipinski definition) is 0. The van der Waals surface area contributed by atoms with Crippen molar-refractivity contribution in [1.29, 1.82) is 0 Å². The Bertz CT molecular complexity index is 393. The molecule has 3 fully saturated rings. The molecule has 0 bridgehead atoms. The molecule has 132 valence electrons. The lowest BCUT2D eigenvalue weighted by atomic mass is 9.63. The molecular formula is C20H38BNO. The normalized spacial score (nSPS) is 38.2. The Morgan fingerprint density at radius 3 is 2.35 bits per heavy atom. The SMILES string of the molecule is BC1CCCCCC2C(CC3(COC3)N2C(C)C)C1CC(C)C. The second-order valence-electron chi connectivity index (χ2n) is 9.56. The molecule has 0 N–H and O–H groups in total. The van der Waals surface area contributed by atoms with Crippen LogP contribution in [0.1, 0.15) is 72.6 Å². The number of likely N-dealkylation sites (tertiary alicyclic amines) is 1. The van der Waals surface area contributed by atoms with E-state index < -0.39 is 0 Å². The second-order valence-corrected chi connectivity index (χ2v) is 9.56. The zero-order chi connectivity index (χ0) is 16.6. The third-order valence-electron chi connectivity index (χ3n) is 7.00. The maximum Gasteiger partial charge on any atom is 0.105 e. The van der Waals surface area contributed by atoms with Crippen molar-refractivity contribution in [2.45, 2.75) is 96.1 Å². The molecule has 0 radical (unpaired) electrons. The molecule has 1 saturated carbocycles. The minimum atomic E-state index is 0.387. The fourth-order valence-corrected chi connectivity index (χ4v) is 6.15. The number of nitrogens with zero attached hydrogens (tertiary/aromatic N) is 1. The van der Waals surface area contributed by atoms with Crippen molar-refractivity contribution in [3.8, 4) is 0 Å². The van der Waals surface area contributed by atoms with Crippen LogP contribution in [-0.4, -0.2) is 43.6 Å². The minimum Gasteiger partial charge on any atom is -0.377 e. The van der Waals surface area contributed by atoms with Gasteiger partial charge in [0.25, 0.3) is 0 Å². The number of hydrogen-bond acceptors (Lipinski definition) is 2. The summed E-state index contributed by atoms with van der Waals surface area (Å²) in [5.74, 6) is 3.54. The first-order chi connectivity index (χ1) is 10.9. The van der Waals surface area contributed by atoms with Gasteiger partial charge in [0, 0.05) is 12.1 Å². The van der Waals surface area contributed by atoms with Gasteiger partial charge in [-0.1, -0.05) is 45.3 Å². The largest absolute Gasteiger partial charge is 0.377 e. The zero-order valence-corrected chi connectivity index (χ0v) is 16.2. The summed E-state index contributed by atoms with van der Waals surface area (Å²) in [5.41, 5.74) is 0.387. The lowest BCUT2D eigenvalue weighted by Gasteiger charge is -2.49. The Hall–Kier alpha value is -0.0151. The highest BCUT2D eigenvalue weighted by Crippen LogP contribution is 2.52. The van der Waals surface area contributed by atoms with E-state index in [1.807, 2.05) is 0 Å². The number of rotatable bonds is 3. The predicted octanol–water partition coefficient (Wildman–Crippen LogP) is 3.90. The second kappa shape index (κ2) is 7.08. The van der Waals surface area contributed by atoms with E-state index in [4.69, 9.17) is 4.74 Å². The standard InChI is InChI=1S/C20H38BNO/c1-14(2)10-16-17-11-20(12-23-13-20)22(15(3)4)19(17)9-7-5-6-8-18(16)21/h14-19H,5-13,21H2,1-4H3. The van der Waals surface area contributed by atoms with Crippen LogP contribution in [0.5, 0.6) is 0 Å². The fraction of sp³-hybridized carbons (Fsp3) is 1.00. The van der Waals surface area contributed by atoms with E-state index >= 15 is 0 Å². The van der Waals surface area contributed by atoms with E-state index in [-0.39, 0.29) is 0 Å². The van der Waals surface area contributed by atoms with Crippen LogP contribution in [0.15, 0.2) is 0 Å². The lowest BCUT2D eigenvalue weighted by molar-refractivity contribution is -0.141. The first-order valence-corrected chi connectivity index (χ1v) is 10.3. The highest BCUT2D eigenvalue weighted by atomic mass is 16.5. The van der Waals surface area contributed by atoms with E-state index in [1.54, 1.807) is 0 Å². The van der Waals surface area contributed by atoms with Crippen molar-refractivity contribution in [2.24, 2.45) is 17.8 Å².